The van der Waals surface area contributed by atoms with Crippen molar-refractivity contribution in [1.82, 2.24) is 4.98 Å². The molecule has 0 aliphatic heterocycles. The van der Waals surface area contributed by atoms with Crippen molar-refractivity contribution < 1.29 is 4.39 Å². The molecule has 1 heterocycles. The maximum atomic E-state index is 13.7. The number of hydrogen-bond donors (Lipinski definition) is 1. The van der Waals surface area contributed by atoms with Crippen molar-refractivity contribution in [2.45, 2.75) is 26.3 Å². The molecule has 2 aromatic rings. The predicted octanol–water partition coefficient (Wildman–Crippen LogP) is 3.90. The van der Waals surface area contributed by atoms with Gasteiger partial charge in [-0.3, -0.25) is 0 Å². The third-order valence-corrected chi connectivity index (χ3v) is 4.42. The van der Waals surface area contributed by atoms with Crippen molar-refractivity contribution in [3.63, 3.8) is 0 Å². The molecule has 0 amide bonds. The van der Waals surface area contributed by atoms with Crippen LogP contribution in [0, 0.1) is 19.7 Å². The quantitative estimate of drug-likeness (QED) is 0.927. The van der Waals surface area contributed by atoms with E-state index in [2.05, 4.69) is 20.9 Å². The summed E-state index contributed by atoms with van der Waals surface area (Å²) in [6.07, 6.45) is 0.480. The van der Waals surface area contributed by atoms with Crippen LogP contribution in [-0.2, 0) is 6.42 Å². The molecule has 1 unspecified atom stereocenters. The van der Waals surface area contributed by atoms with Gasteiger partial charge in [0.05, 0.1) is 10.7 Å². The molecule has 1 atom stereocenters. The molecule has 0 aliphatic rings. The first-order chi connectivity index (χ1) is 8.47. The minimum atomic E-state index is -0.215. The van der Waals surface area contributed by atoms with Crippen LogP contribution in [-0.4, -0.2) is 4.98 Å². The van der Waals surface area contributed by atoms with E-state index in [0.717, 1.165) is 20.1 Å². The number of hydrogen-bond acceptors (Lipinski definition) is 3. The molecule has 0 saturated carbocycles. The Morgan fingerprint density at radius 1 is 1.44 bits per heavy atom. The molecular formula is C13H14BrFN2S. The molecule has 0 fully saturated rings. The van der Waals surface area contributed by atoms with Crippen molar-refractivity contribution >= 4 is 27.3 Å². The monoisotopic (exact) mass is 328 g/mol. The van der Waals surface area contributed by atoms with E-state index in [9.17, 15) is 4.39 Å². The van der Waals surface area contributed by atoms with Gasteiger partial charge in [-0.2, -0.15) is 0 Å². The van der Waals surface area contributed by atoms with Crippen LogP contribution < -0.4 is 5.73 Å². The molecule has 2 rings (SSSR count). The number of rotatable bonds is 3. The van der Waals surface area contributed by atoms with Crippen LogP contribution >= 0.6 is 27.3 Å². The first-order valence-electron chi connectivity index (χ1n) is 5.61. The van der Waals surface area contributed by atoms with Crippen LogP contribution in [0.15, 0.2) is 22.7 Å². The molecular weight excluding hydrogens is 315 g/mol. The number of thiazole rings is 1. The van der Waals surface area contributed by atoms with Gasteiger partial charge in [0.1, 0.15) is 5.82 Å². The van der Waals surface area contributed by atoms with Crippen molar-refractivity contribution in [3.05, 3.63) is 49.6 Å². The fourth-order valence-corrected chi connectivity index (χ4v) is 3.26. The second-order valence-electron chi connectivity index (χ2n) is 4.23. The van der Waals surface area contributed by atoms with Gasteiger partial charge in [-0.15, -0.1) is 11.3 Å². The minimum Gasteiger partial charge on any atom is -0.323 e. The number of benzene rings is 1. The summed E-state index contributed by atoms with van der Waals surface area (Å²) in [6.45, 7) is 3.89. The second kappa shape index (κ2) is 5.47. The highest BCUT2D eigenvalue weighted by molar-refractivity contribution is 9.10. The van der Waals surface area contributed by atoms with E-state index in [4.69, 9.17) is 5.73 Å². The van der Waals surface area contributed by atoms with Gasteiger partial charge in [0, 0.05) is 15.4 Å². The fourth-order valence-electron chi connectivity index (χ4n) is 1.92. The largest absolute Gasteiger partial charge is 0.323 e. The lowest BCUT2D eigenvalue weighted by molar-refractivity contribution is 0.594. The van der Waals surface area contributed by atoms with Crippen molar-refractivity contribution in [2.24, 2.45) is 5.73 Å². The number of aromatic nitrogens is 1. The van der Waals surface area contributed by atoms with E-state index >= 15 is 0 Å². The summed E-state index contributed by atoms with van der Waals surface area (Å²) in [6, 6.07) is 4.71. The lowest BCUT2D eigenvalue weighted by atomic mass is 10.0. The molecule has 0 bridgehead atoms. The third-order valence-electron chi connectivity index (χ3n) is 2.72. The Morgan fingerprint density at radius 2 is 2.17 bits per heavy atom. The Hall–Kier alpha value is -0.780. The highest BCUT2D eigenvalue weighted by Gasteiger charge is 2.16. The molecule has 96 valence electrons. The van der Waals surface area contributed by atoms with Crippen LogP contribution in [0.1, 0.15) is 27.2 Å². The molecule has 0 radical (unpaired) electrons. The first kappa shape index (κ1) is 13.6. The average molecular weight is 329 g/mol. The molecule has 1 aromatic carbocycles. The molecule has 2 nitrogen and oxygen atoms in total. The Balaban J connectivity index is 2.23. The highest BCUT2D eigenvalue weighted by atomic mass is 79.9. The van der Waals surface area contributed by atoms with Crippen LogP contribution in [0.4, 0.5) is 4.39 Å². The Morgan fingerprint density at radius 3 is 2.78 bits per heavy atom. The Labute approximate surface area is 118 Å². The Bertz CT molecular complexity index is 568. The van der Waals surface area contributed by atoms with Gasteiger partial charge in [-0.05, 0) is 44.0 Å². The van der Waals surface area contributed by atoms with Gasteiger partial charge in [-0.25, -0.2) is 9.37 Å². The summed E-state index contributed by atoms with van der Waals surface area (Å²) in [4.78, 5) is 5.38. The van der Waals surface area contributed by atoms with Gasteiger partial charge < -0.3 is 5.73 Å². The van der Waals surface area contributed by atoms with E-state index < -0.39 is 0 Å². The highest BCUT2D eigenvalue weighted by Crippen LogP contribution is 2.27. The lowest BCUT2D eigenvalue weighted by Crippen LogP contribution is -2.14. The summed E-state index contributed by atoms with van der Waals surface area (Å²) in [7, 11) is 0. The summed E-state index contributed by atoms with van der Waals surface area (Å²) in [5, 5.41) is 0.993. The second-order valence-corrected chi connectivity index (χ2v) is 6.38. The van der Waals surface area contributed by atoms with Crippen LogP contribution in [0.3, 0.4) is 0 Å². The number of nitrogens with zero attached hydrogens (tertiary/aromatic N) is 1. The van der Waals surface area contributed by atoms with Crippen LogP contribution in [0.5, 0.6) is 0 Å². The summed E-state index contributed by atoms with van der Waals surface area (Å²) < 4.78 is 14.5. The van der Waals surface area contributed by atoms with Gasteiger partial charge in [0.15, 0.2) is 0 Å². The minimum absolute atomic E-state index is 0.208. The molecule has 0 spiro atoms. The van der Waals surface area contributed by atoms with Crippen molar-refractivity contribution in [1.29, 1.82) is 0 Å². The van der Waals surface area contributed by atoms with Crippen LogP contribution in [0.2, 0.25) is 0 Å². The number of halogens is 2. The Kier molecular flexibility index (Phi) is 4.14. The van der Waals surface area contributed by atoms with Gasteiger partial charge in [0.2, 0.25) is 0 Å². The normalized spacial score (nSPS) is 12.7. The van der Waals surface area contributed by atoms with E-state index in [1.165, 1.54) is 6.07 Å². The van der Waals surface area contributed by atoms with Crippen LogP contribution in [0.25, 0.3) is 0 Å². The zero-order valence-corrected chi connectivity index (χ0v) is 12.6. The SMILES string of the molecule is Cc1nc(C)c(C(N)Cc2cc(Br)ccc2F)s1. The smallest absolute Gasteiger partial charge is 0.126 e. The van der Waals surface area contributed by atoms with Gasteiger partial charge in [-0.1, -0.05) is 15.9 Å². The molecule has 5 heteroatoms. The third kappa shape index (κ3) is 2.96. The zero-order valence-electron chi connectivity index (χ0n) is 10.2. The zero-order chi connectivity index (χ0) is 13.3. The standard InChI is InChI=1S/C13H14BrFN2S/c1-7-13(18-8(2)17-7)12(16)6-9-5-10(14)3-4-11(9)15/h3-5,12H,6,16H2,1-2H3. The molecule has 18 heavy (non-hydrogen) atoms. The molecule has 2 N–H and O–H groups in total. The van der Waals surface area contributed by atoms with Crippen molar-refractivity contribution in [2.75, 3.05) is 0 Å². The topological polar surface area (TPSA) is 38.9 Å². The summed E-state index contributed by atoms with van der Waals surface area (Å²) in [5.74, 6) is -0.215. The summed E-state index contributed by atoms with van der Waals surface area (Å²) >= 11 is 4.93. The van der Waals surface area contributed by atoms with E-state index in [1.54, 1.807) is 23.5 Å². The maximum Gasteiger partial charge on any atom is 0.126 e. The number of aryl methyl sites for hydroxylation is 2. The predicted molar refractivity (Wildman–Crippen MR) is 76.3 cm³/mol. The molecule has 1 aromatic heterocycles. The van der Waals surface area contributed by atoms with E-state index in [0.29, 0.717) is 12.0 Å². The summed E-state index contributed by atoms with van der Waals surface area (Å²) in [5.41, 5.74) is 7.72. The van der Waals surface area contributed by atoms with Gasteiger partial charge in [0.25, 0.3) is 0 Å². The van der Waals surface area contributed by atoms with E-state index in [-0.39, 0.29) is 11.9 Å². The lowest BCUT2D eigenvalue weighted by Gasteiger charge is -2.11. The molecule has 0 aliphatic carbocycles. The number of nitrogens with two attached hydrogens (primary N) is 1. The van der Waals surface area contributed by atoms with E-state index in [1.807, 2.05) is 13.8 Å². The maximum absolute atomic E-state index is 13.7. The van der Waals surface area contributed by atoms with Crippen molar-refractivity contribution in [3.8, 4) is 0 Å². The average Bonchev–Trinajstić information content (AvgIpc) is 2.63. The first-order valence-corrected chi connectivity index (χ1v) is 7.21. The van der Waals surface area contributed by atoms with Gasteiger partial charge >= 0.3 is 0 Å². The fraction of sp³-hybridized carbons (Fsp3) is 0.308. The molecule has 0 saturated heterocycles.